The van der Waals surface area contributed by atoms with E-state index in [9.17, 15) is 0 Å². The molecule has 1 N–H and O–H groups in total. The molecule has 13 rings (SSSR count). The van der Waals surface area contributed by atoms with Crippen molar-refractivity contribution in [3.63, 3.8) is 0 Å². The molecule has 296 valence electrons. The summed E-state index contributed by atoms with van der Waals surface area (Å²) in [5, 5.41) is 2.49. The lowest BCUT2D eigenvalue weighted by Gasteiger charge is -2.32. The van der Waals surface area contributed by atoms with Crippen LogP contribution in [0.1, 0.15) is 27.8 Å². The van der Waals surface area contributed by atoms with E-state index in [2.05, 4.69) is 235 Å². The van der Waals surface area contributed by atoms with E-state index in [1.54, 1.807) is 0 Å². The van der Waals surface area contributed by atoms with Crippen LogP contribution in [-0.4, -0.2) is 4.98 Å². The van der Waals surface area contributed by atoms with Gasteiger partial charge in [0, 0.05) is 44.0 Å². The monoisotopic (exact) mass is 820 g/mol. The van der Waals surface area contributed by atoms with Gasteiger partial charge in [-0.1, -0.05) is 176 Å². The second-order valence-corrected chi connectivity index (χ2v) is 17.9. The Labute approximate surface area is 371 Å². The average molecular weight is 821 g/mol. The van der Waals surface area contributed by atoms with Crippen LogP contribution in [0.25, 0.3) is 76.1 Å². The molecular weight excluding hydrogens is 781 g/mol. The summed E-state index contributed by atoms with van der Waals surface area (Å²) in [5.41, 5.74) is 22.0. The number of rotatable bonds is 6. The molecule has 2 heterocycles. The molecular formula is C60H40N2S. The maximum atomic E-state index is 3.72. The summed E-state index contributed by atoms with van der Waals surface area (Å²) >= 11 is 1.90. The fraction of sp³-hybridized carbons (Fsp3) is 0.0333. The van der Waals surface area contributed by atoms with Gasteiger partial charge in [0.2, 0.25) is 0 Å². The molecule has 0 aliphatic heterocycles. The first-order valence-corrected chi connectivity index (χ1v) is 22.6. The van der Waals surface area contributed by atoms with Crippen LogP contribution in [0.3, 0.4) is 0 Å². The smallest absolute Gasteiger partial charge is 0.0726 e. The van der Waals surface area contributed by atoms with Gasteiger partial charge in [-0.3, -0.25) is 0 Å². The Morgan fingerprint density at radius 1 is 0.429 bits per heavy atom. The first-order valence-electron chi connectivity index (χ1n) is 21.8. The van der Waals surface area contributed by atoms with Gasteiger partial charge in [-0.15, -0.1) is 11.3 Å². The minimum atomic E-state index is -0.441. The fourth-order valence-electron chi connectivity index (χ4n) is 10.9. The van der Waals surface area contributed by atoms with E-state index in [0.29, 0.717) is 0 Å². The molecule has 0 unspecified atom stereocenters. The summed E-state index contributed by atoms with van der Waals surface area (Å²) in [4.78, 5) is 7.51. The van der Waals surface area contributed by atoms with Crippen molar-refractivity contribution in [2.45, 2.75) is 12.3 Å². The van der Waals surface area contributed by atoms with Crippen LogP contribution >= 0.6 is 11.3 Å². The first kappa shape index (κ1) is 36.0. The van der Waals surface area contributed by atoms with Gasteiger partial charge in [0.05, 0.1) is 15.8 Å². The van der Waals surface area contributed by atoms with Crippen LogP contribution in [0.15, 0.2) is 218 Å². The fourth-order valence-corrected chi connectivity index (χ4v) is 12.2. The third kappa shape index (κ3) is 5.24. The zero-order valence-corrected chi connectivity index (χ0v) is 35.5. The third-order valence-corrected chi connectivity index (χ3v) is 15.0. The predicted molar refractivity (Wildman–Crippen MR) is 266 cm³/mol. The van der Waals surface area contributed by atoms with E-state index < -0.39 is 5.41 Å². The third-order valence-electron chi connectivity index (χ3n) is 13.6. The van der Waals surface area contributed by atoms with Crippen molar-refractivity contribution in [3.05, 3.63) is 246 Å². The normalized spacial score (nSPS) is 13.0. The highest BCUT2D eigenvalue weighted by molar-refractivity contribution is 7.23. The lowest BCUT2D eigenvalue weighted by molar-refractivity contribution is 0.793. The molecule has 3 heteroatoms. The zero-order chi connectivity index (χ0) is 41.6. The summed E-state index contributed by atoms with van der Waals surface area (Å²) in [5.74, 6) is 0. The Hall–Kier alpha value is -7.72. The molecule has 9 aromatic carbocycles. The first-order chi connectivity index (χ1) is 31.2. The van der Waals surface area contributed by atoms with E-state index in [-0.39, 0.29) is 0 Å². The van der Waals surface area contributed by atoms with Crippen LogP contribution in [0, 0.1) is 6.92 Å². The molecule has 63 heavy (non-hydrogen) atoms. The van der Waals surface area contributed by atoms with Crippen molar-refractivity contribution in [3.8, 4) is 55.1 Å². The van der Waals surface area contributed by atoms with E-state index in [1.165, 1.54) is 98.4 Å². The van der Waals surface area contributed by atoms with Gasteiger partial charge in [-0.05, 0) is 116 Å². The SMILES string of the molecule is Cc1c(-c2ccccc2-c2cc3ccccc3[nH]2)sc2c(N(c3ccc(-c4ccccc4)cc3)c3ccc4c(c3)C3(c5ccccc5-c5ccccc53)c3ccccc3-4)cccc12. The number of hydrogen-bond donors (Lipinski definition) is 1. The van der Waals surface area contributed by atoms with Gasteiger partial charge in [-0.2, -0.15) is 0 Å². The van der Waals surface area contributed by atoms with Gasteiger partial charge in [-0.25, -0.2) is 0 Å². The molecule has 0 amide bonds. The number of aryl methyl sites for hydroxylation is 1. The molecule has 2 aromatic heterocycles. The van der Waals surface area contributed by atoms with Crippen molar-refractivity contribution in [2.24, 2.45) is 0 Å². The number of aromatic amines is 1. The van der Waals surface area contributed by atoms with Crippen LogP contribution in [0.2, 0.25) is 0 Å². The highest BCUT2D eigenvalue weighted by Crippen LogP contribution is 2.63. The standard InChI is InChI=1S/C60H40N2S/c1-38-44-24-15-29-57(59(44)63-58(38)50-23-7-6-22-49(50)56-36-41-18-5-14-28-55(41)61-56)62(42-32-30-40(31-33-42)39-16-3-2-4-17-39)43-34-35-48-47-21-10-13-27-53(47)60(54(48)37-43)51-25-11-8-19-45(51)46-20-9-12-26-52(46)60/h2-37,61H,1H3. The van der Waals surface area contributed by atoms with E-state index in [4.69, 9.17) is 0 Å². The molecule has 11 aromatic rings. The van der Waals surface area contributed by atoms with Crippen molar-refractivity contribution in [1.82, 2.24) is 4.98 Å². The zero-order valence-electron chi connectivity index (χ0n) is 34.6. The Morgan fingerprint density at radius 2 is 0.984 bits per heavy atom. The van der Waals surface area contributed by atoms with Gasteiger partial charge in [0.15, 0.2) is 0 Å². The maximum Gasteiger partial charge on any atom is 0.0726 e. The van der Waals surface area contributed by atoms with Gasteiger partial charge >= 0.3 is 0 Å². The highest BCUT2D eigenvalue weighted by Gasteiger charge is 2.51. The largest absolute Gasteiger partial charge is 0.355 e. The topological polar surface area (TPSA) is 19.0 Å². The van der Waals surface area contributed by atoms with Crippen LogP contribution < -0.4 is 4.90 Å². The molecule has 0 bridgehead atoms. The molecule has 0 saturated carbocycles. The van der Waals surface area contributed by atoms with Crippen molar-refractivity contribution >= 4 is 49.4 Å². The molecule has 2 aliphatic carbocycles. The van der Waals surface area contributed by atoms with Gasteiger partial charge in [0.25, 0.3) is 0 Å². The van der Waals surface area contributed by atoms with E-state index in [0.717, 1.165) is 22.6 Å². The molecule has 2 nitrogen and oxygen atoms in total. The number of hydrogen-bond acceptors (Lipinski definition) is 2. The summed E-state index contributed by atoms with van der Waals surface area (Å²) in [6, 6.07) is 80.8. The summed E-state index contributed by atoms with van der Waals surface area (Å²) < 4.78 is 1.26. The molecule has 1 spiro atoms. The number of nitrogens with one attached hydrogen (secondary N) is 1. The quantitative estimate of drug-likeness (QED) is 0.177. The number of aromatic nitrogens is 1. The minimum absolute atomic E-state index is 0.441. The lowest BCUT2D eigenvalue weighted by atomic mass is 9.70. The van der Waals surface area contributed by atoms with Crippen LogP contribution in [0.4, 0.5) is 17.1 Å². The highest BCUT2D eigenvalue weighted by atomic mass is 32.1. The molecule has 0 radical (unpaired) electrons. The minimum Gasteiger partial charge on any atom is -0.355 e. The number of H-pyrrole nitrogens is 1. The van der Waals surface area contributed by atoms with Crippen molar-refractivity contribution in [2.75, 3.05) is 4.90 Å². The molecule has 0 saturated heterocycles. The van der Waals surface area contributed by atoms with Gasteiger partial charge in [0.1, 0.15) is 0 Å². The second kappa shape index (κ2) is 13.9. The molecule has 0 atom stereocenters. The number of para-hydroxylation sites is 1. The van der Waals surface area contributed by atoms with Crippen molar-refractivity contribution in [1.29, 1.82) is 0 Å². The molecule has 0 fully saturated rings. The van der Waals surface area contributed by atoms with Crippen LogP contribution in [0.5, 0.6) is 0 Å². The number of fused-ring (bicyclic) bond motifs is 12. The summed E-state index contributed by atoms with van der Waals surface area (Å²) in [6.45, 7) is 2.30. The number of anilines is 3. The number of thiophene rings is 1. The Morgan fingerprint density at radius 3 is 1.67 bits per heavy atom. The summed E-state index contributed by atoms with van der Waals surface area (Å²) in [6.07, 6.45) is 0. The Kier molecular flexibility index (Phi) is 7.94. The number of nitrogens with zero attached hydrogens (tertiary/aromatic N) is 1. The van der Waals surface area contributed by atoms with E-state index in [1.807, 2.05) is 11.3 Å². The average Bonchev–Trinajstić information content (AvgIpc) is 4.09. The number of benzene rings is 9. The Bertz CT molecular complexity index is 3490. The molecule has 2 aliphatic rings. The van der Waals surface area contributed by atoms with Gasteiger partial charge < -0.3 is 9.88 Å². The Balaban J connectivity index is 1.04. The second-order valence-electron chi connectivity index (χ2n) is 16.9. The maximum absolute atomic E-state index is 3.72. The summed E-state index contributed by atoms with van der Waals surface area (Å²) in [7, 11) is 0. The van der Waals surface area contributed by atoms with E-state index >= 15 is 0 Å². The van der Waals surface area contributed by atoms with Crippen LogP contribution in [-0.2, 0) is 5.41 Å². The predicted octanol–water partition coefficient (Wildman–Crippen LogP) is 16.5. The lowest BCUT2D eigenvalue weighted by Crippen LogP contribution is -2.26. The van der Waals surface area contributed by atoms with Crippen molar-refractivity contribution < 1.29 is 0 Å².